The second-order valence-corrected chi connectivity index (χ2v) is 8.49. The Morgan fingerprint density at radius 1 is 1.17 bits per heavy atom. The number of piperidine rings is 1. The molecule has 2 aromatic carbocycles. The van der Waals surface area contributed by atoms with E-state index in [-0.39, 0.29) is 24.3 Å². The molecule has 4 heterocycles. The maximum absolute atomic E-state index is 14.7. The van der Waals surface area contributed by atoms with Gasteiger partial charge >= 0.3 is 6.36 Å². The van der Waals surface area contributed by atoms with Gasteiger partial charge in [-0.3, -0.25) is 9.20 Å². The van der Waals surface area contributed by atoms with Crippen LogP contribution >= 0.6 is 0 Å². The number of aromatic nitrogens is 3. The second kappa shape index (κ2) is 7.45. The van der Waals surface area contributed by atoms with Gasteiger partial charge in [0.15, 0.2) is 0 Å². The Morgan fingerprint density at radius 3 is 2.80 bits per heavy atom. The Kier molecular flexibility index (Phi) is 4.57. The topological polar surface area (TPSA) is 95.0 Å². The van der Waals surface area contributed by atoms with Crippen LogP contribution in [0.2, 0.25) is 0 Å². The number of hydrogen-bond acceptors (Lipinski definition) is 6. The molecule has 12 heteroatoms. The summed E-state index contributed by atoms with van der Waals surface area (Å²) in [5.41, 5.74) is 8.49. The highest BCUT2D eigenvalue weighted by atomic mass is 19.4. The van der Waals surface area contributed by atoms with Crippen LogP contribution in [-0.4, -0.2) is 50.4 Å². The molecule has 2 aromatic heterocycles. The fraction of sp³-hybridized carbons (Fsp3) is 0.261. The molecule has 3 atom stereocenters. The Balaban J connectivity index is 1.38. The number of likely N-dealkylation sites (tertiary alicyclic amines) is 1. The van der Waals surface area contributed by atoms with Gasteiger partial charge in [0.2, 0.25) is 0 Å². The van der Waals surface area contributed by atoms with E-state index in [0.29, 0.717) is 27.9 Å². The zero-order valence-corrected chi connectivity index (χ0v) is 17.9. The number of alkyl halides is 4. The van der Waals surface area contributed by atoms with Gasteiger partial charge < -0.3 is 20.1 Å². The maximum atomic E-state index is 14.7. The zero-order chi connectivity index (χ0) is 24.5. The van der Waals surface area contributed by atoms with Crippen LogP contribution in [0.5, 0.6) is 11.5 Å². The predicted octanol–water partition coefficient (Wildman–Crippen LogP) is 4.05. The molecule has 1 amide bonds. The number of fused-ring (bicyclic) bond motifs is 6. The van der Waals surface area contributed by atoms with Gasteiger partial charge in [0.25, 0.3) is 5.91 Å². The van der Waals surface area contributed by atoms with Gasteiger partial charge in [-0.15, -0.1) is 13.2 Å². The first-order valence-corrected chi connectivity index (χ1v) is 10.7. The number of anilines is 1. The molecule has 6 rings (SSSR count). The number of carbonyl (C=O) groups excluding carboxylic acids is 1. The minimum atomic E-state index is -4.86. The van der Waals surface area contributed by atoms with E-state index in [1.165, 1.54) is 11.0 Å². The van der Waals surface area contributed by atoms with Crippen molar-refractivity contribution in [1.82, 2.24) is 19.3 Å². The first kappa shape index (κ1) is 21.4. The van der Waals surface area contributed by atoms with Crippen molar-refractivity contribution in [2.45, 2.75) is 31.1 Å². The van der Waals surface area contributed by atoms with E-state index >= 15 is 0 Å². The molecule has 0 aliphatic carbocycles. The van der Waals surface area contributed by atoms with Crippen molar-refractivity contribution in [2.24, 2.45) is 0 Å². The van der Waals surface area contributed by atoms with E-state index in [2.05, 4.69) is 14.7 Å². The molecule has 0 radical (unpaired) electrons. The van der Waals surface area contributed by atoms with Crippen LogP contribution in [-0.2, 0) is 0 Å². The maximum Gasteiger partial charge on any atom is 0.573 e. The van der Waals surface area contributed by atoms with Gasteiger partial charge in [-0.25, -0.2) is 14.4 Å². The second-order valence-electron chi connectivity index (χ2n) is 8.49. The standard InChI is InChI=1S/C23H17F4N5O3/c24-12-6-19-20(14-3-2-13(7-18(14)34-19)35-23(25,26)27)31(9-12)22(33)11-1-4-15-16(5-11)32-10-29-8-17(32)21(28)30-15/h1-5,7-8,10,12,19-20H,6,9H2,(H2,28,30)/t12-,19-,20-/m0/s1. The van der Waals surface area contributed by atoms with Gasteiger partial charge in [0.1, 0.15) is 35.1 Å². The van der Waals surface area contributed by atoms with Crippen LogP contribution in [0.3, 0.4) is 0 Å². The zero-order valence-electron chi connectivity index (χ0n) is 17.9. The number of carbonyl (C=O) groups is 1. The quantitative estimate of drug-likeness (QED) is 0.429. The normalized spacial score (nSPS) is 21.6. The summed E-state index contributed by atoms with van der Waals surface area (Å²) >= 11 is 0. The third-order valence-electron chi connectivity index (χ3n) is 6.27. The van der Waals surface area contributed by atoms with Gasteiger partial charge in [-0.1, -0.05) is 0 Å². The van der Waals surface area contributed by atoms with Crippen molar-refractivity contribution in [3.8, 4) is 11.5 Å². The van der Waals surface area contributed by atoms with Crippen molar-refractivity contribution in [3.63, 3.8) is 0 Å². The molecule has 8 nitrogen and oxygen atoms in total. The molecular formula is C23H17F4N5O3. The largest absolute Gasteiger partial charge is 0.573 e. The molecule has 180 valence electrons. The van der Waals surface area contributed by atoms with E-state index in [1.807, 2.05) is 0 Å². The number of benzene rings is 2. The van der Waals surface area contributed by atoms with Crippen LogP contribution < -0.4 is 15.2 Å². The van der Waals surface area contributed by atoms with Crippen LogP contribution in [0.25, 0.3) is 16.6 Å². The highest BCUT2D eigenvalue weighted by Gasteiger charge is 2.46. The molecule has 0 bridgehead atoms. The summed E-state index contributed by atoms with van der Waals surface area (Å²) < 4.78 is 64.0. The number of nitrogen functional groups attached to an aromatic ring is 1. The SMILES string of the molecule is Nc1nc2ccc(C(=O)N3C[C@@H](F)C[C@@H]4Oc5cc(OC(F)(F)F)ccc5[C@@H]43)cc2n2cncc12. The smallest absolute Gasteiger partial charge is 0.487 e. The number of amides is 1. The average molecular weight is 487 g/mol. The van der Waals surface area contributed by atoms with Crippen molar-refractivity contribution >= 4 is 28.3 Å². The van der Waals surface area contributed by atoms with Gasteiger partial charge in [0.05, 0.1) is 36.1 Å². The molecule has 35 heavy (non-hydrogen) atoms. The van der Waals surface area contributed by atoms with E-state index in [0.717, 1.165) is 12.1 Å². The number of rotatable bonds is 2. The Morgan fingerprint density at radius 2 is 2.00 bits per heavy atom. The Hall–Kier alpha value is -4.09. The fourth-order valence-electron chi connectivity index (χ4n) is 4.87. The minimum absolute atomic E-state index is 0.00909. The predicted molar refractivity (Wildman–Crippen MR) is 116 cm³/mol. The Bertz CT molecular complexity index is 1490. The van der Waals surface area contributed by atoms with E-state index in [9.17, 15) is 22.4 Å². The van der Waals surface area contributed by atoms with Crippen molar-refractivity contribution in [2.75, 3.05) is 12.3 Å². The summed E-state index contributed by atoms with van der Waals surface area (Å²) in [7, 11) is 0. The first-order valence-electron chi connectivity index (χ1n) is 10.7. The third-order valence-corrected chi connectivity index (χ3v) is 6.27. The number of hydrogen-bond donors (Lipinski definition) is 1. The lowest BCUT2D eigenvalue weighted by molar-refractivity contribution is -0.274. The lowest BCUT2D eigenvalue weighted by atomic mass is 9.92. The number of imidazole rings is 1. The molecule has 2 N–H and O–H groups in total. The first-order chi connectivity index (χ1) is 16.7. The number of nitrogens with two attached hydrogens (primary N) is 1. The van der Waals surface area contributed by atoms with Gasteiger partial charge in [0, 0.05) is 23.6 Å². The van der Waals surface area contributed by atoms with Crippen LogP contribution in [0.1, 0.15) is 28.4 Å². The van der Waals surface area contributed by atoms with Crippen molar-refractivity contribution in [1.29, 1.82) is 0 Å². The molecule has 0 saturated carbocycles. The summed E-state index contributed by atoms with van der Waals surface area (Å²) in [6, 6.07) is 7.88. The third kappa shape index (κ3) is 3.56. The molecule has 4 aromatic rings. The van der Waals surface area contributed by atoms with E-state index in [4.69, 9.17) is 10.5 Å². The molecule has 0 spiro atoms. The van der Waals surface area contributed by atoms with Gasteiger partial charge in [-0.2, -0.15) is 0 Å². The molecular weight excluding hydrogens is 470 g/mol. The van der Waals surface area contributed by atoms with E-state index in [1.54, 1.807) is 35.1 Å². The van der Waals surface area contributed by atoms with Crippen LogP contribution in [0, 0.1) is 0 Å². The Labute approximate surface area is 194 Å². The highest BCUT2D eigenvalue weighted by molar-refractivity contribution is 5.98. The molecule has 2 aliphatic rings. The van der Waals surface area contributed by atoms with Crippen LogP contribution in [0.4, 0.5) is 23.4 Å². The summed E-state index contributed by atoms with van der Waals surface area (Å²) in [5.74, 6) is -0.467. The molecule has 1 saturated heterocycles. The molecule has 0 unspecified atom stereocenters. The van der Waals surface area contributed by atoms with Crippen molar-refractivity contribution < 1.29 is 31.8 Å². The monoisotopic (exact) mass is 487 g/mol. The number of nitrogens with zero attached hydrogens (tertiary/aromatic N) is 4. The number of halogens is 4. The minimum Gasteiger partial charge on any atom is -0.487 e. The highest BCUT2D eigenvalue weighted by Crippen LogP contribution is 2.47. The van der Waals surface area contributed by atoms with Crippen LogP contribution in [0.15, 0.2) is 48.9 Å². The molecule has 1 fully saturated rings. The van der Waals surface area contributed by atoms with E-state index < -0.39 is 36.3 Å². The van der Waals surface area contributed by atoms with Crippen molar-refractivity contribution in [3.05, 3.63) is 60.0 Å². The summed E-state index contributed by atoms with van der Waals surface area (Å²) in [4.78, 5) is 23.4. The van der Waals surface area contributed by atoms with Gasteiger partial charge in [-0.05, 0) is 30.3 Å². The fourth-order valence-corrected chi connectivity index (χ4v) is 4.87. The lowest BCUT2D eigenvalue weighted by Gasteiger charge is -2.38. The number of ether oxygens (including phenoxy) is 2. The average Bonchev–Trinajstić information content (AvgIpc) is 3.42. The molecule has 2 aliphatic heterocycles. The summed E-state index contributed by atoms with van der Waals surface area (Å²) in [6.07, 6.45) is -3.83. The summed E-state index contributed by atoms with van der Waals surface area (Å²) in [6.45, 7) is -0.178. The summed E-state index contributed by atoms with van der Waals surface area (Å²) in [5, 5.41) is 0. The lowest BCUT2D eigenvalue weighted by Crippen LogP contribution is -2.49.